The number of nitrogens with zero attached hydrogens (tertiary/aromatic N) is 2. The quantitative estimate of drug-likeness (QED) is 0.347. The summed E-state index contributed by atoms with van der Waals surface area (Å²) in [5.74, 6) is 0. The molecule has 7 nitrogen and oxygen atoms in total. The Labute approximate surface area is 153 Å². The average Bonchev–Trinajstić information content (AvgIpc) is 2.39. The SMILES string of the molecule is CC(O)CC(C(O)COCC(O)C(CC(C)O)[N+](C)(C)C)[N+](C)(C)C. The molecule has 7 heteroatoms. The van der Waals surface area contributed by atoms with Crippen LogP contribution in [0.25, 0.3) is 0 Å². The van der Waals surface area contributed by atoms with Gasteiger partial charge >= 0.3 is 0 Å². The monoisotopic (exact) mass is 366 g/mol. The fraction of sp³-hybridized carbons (Fsp3) is 1.00. The minimum atomic E-state index is -0.735. The van der Waals surface area contributed by atoms with E-state index < -0.39 is 24.4 Å². The summed E-state index contributed by atoms with van der Waals surface area (Å²) in [6, 6.07) is -0.326. The molecule has 152 valence electrons. The highest BCUT2D eigenvalue weighted by atomic mass is 16.5. The molecule has 0 spiro atoms. The molecule has 6 atom stereocenters. The van der Waals surface area contributed by atoms with Crippen molar-refractivity contribution in [1.82, 2.24) is 0 Å². The second-order valence-corrected chi connectivity index (χ2v) is 9.21. The van der Waals surface area contributed by atoms with Crippen LogP contribution in [0.15, 0.2) is 0 Å². The summed E-state index contributed by atoms with van der Waals surface area (Å²) in [5, 5.41) is 40.3. The second-order valence-electron chi connectivity index (χ2n) is 9.21. The van der Waals surface area contributed by atoms with E-state index in [1.165, 1.54) is 0 Å². The summed E-state index contributed by atoms with van der Waals surface area (Å²) < 4.78 is 6.62. The van der Waals surface area contributed by atoms with Gasteiger partial charge in [-0.25, -0.2) is 0 Å². The zero-order valence-corrected chi connectivity index (χ0v) is 17.4. The number of quaternary nitrogens is 2. The molecule has 4 N–H and O–H groups in total. The van der Waals surface area contributed by atoms with Crippen molar-refractivity contribution in [3.05, 3.63) is 0 Å². The standard InChI is InChI=1S/C18H42N2O5/c1-13(21)9-15(19(3,4)5)17(23)11-25-12-18(24)16(10-14(2)22)20(6,7)8/h13-18,21-24H,9-12H2,1-8H3/q+2. The van der Waals surface area contributed by atoms with E-state index in [0.29, 0.717) is 21.8 Å². The van der Waals surface area contributed by atoms with Gasteiger partial charge in [-0.05, 0) is 13.8 Å². The maximum Gasteiger partial charge on any atom is 0.129 e. The molecule has 0 aromatic carbocycles. The Kier molecular flexibility index (Phi) is 10.0. The number of likely N-dealkylation sites (N-methyl/N-ethyl adjacent to an activating group) is 2. The Bertz CT molecular complexity index is 329. The van der Waals surface area contributed by atoms with Gasteiger partial charge < -0.3 is 34.1 Å². The third-order valence-corrected chi connectivity index (χ3v) is 4.62. The summed E-state index contributed by atoms with van der Waals surface area (Å²) in [7, 11) is 11.8. The number of ether oxygens (including phenoxy) is 1. The van der Waals surface area contributed by atoms with Gasteiger partial charge in [0, 0.05) is 12.8 Å². The summed E-state index contributed by atoms with van der Waals surface area (Å²) in [6.45, 7) is 3.62. The zero-order chi connectivity index (χ0) is 20.0. The molecule has 0 fully saturated rings. The van der Waals surface area contributed by atoms with E-state index in [2.05, 4.69) is 0 Å². The first kappa shape index (κ1) is 24.7. The fourth-order valence-electron chi connectivity index (χ4n) is 3.21. The van der Waals surface area contributed by atoms with Crippen LogP contribution in [0.5, 0.6) is 0 Å². The van der Waals surface area contributed by atoms with Gasteiger partial charge in [0.05, 0.1) is 67.7 Å². The first-order valence-corrected chi connectivity index (χ1v) is 9.08. The molecule has 0 saturated carbocycles. The zero-order valence-electron chi connectivity index (χ0n) is 17.4. The molecule has 0 aliphatic carbocycles. The van der Waals surface area contributed by atoms with Gasteiger partial charge in [-0.2, -0.15) is 0 Å². The topological polar surface area (TPSA) is 90.2 Å². The van der Waals surface area contributed by atoms with Gasteiger partial charge in [0.2, 0.25) is 0 Å². The van der Waals surface area contributed by atoms with Crippen LogP contribution in [0.4, 0.5) is 0 Å². The van der Waals surface area contributed by atoms with E-state index in [1.54, 1.807) is 13.8 Å². The van der Waals surface area contributed by atoms with Crippen molar-refractivity contribution in [1.29, 1.82) is 0 Å². The van der Waals surface area contributed by atoms with Crippen LogP contribution in [0.3, 0.4) is 0 Å². The van der Waals surface area contributed by atoms with Crippen LogP contribution in [0.2, 0.25) is 0 Å². The molecule has 0 aliphatic heterocycles. The first-order chi connectivity index (χ1) is 11.2. The highest BCUT2D eigenvalue weighted by Crippen LogP contribution is 2.17. The number of aliphatic hydroxyl groups excluding tert-OH is 4. The van der Waals surface area contributed by atoms with Gasteiger partial charge in [0.25, 0.3) is 0 Å². The van der Waals surface area contributed by atoms with Gasteiger partial charge in [-0.15, -0.1) is 0 Å². The van der Waals surface area contributed by atoms with Gasteiger partial charge in [0.15, 0.2) is 0 Å². The van der Waals surface area contributed by atoms with E-state index in [4.69, 9.17) is 4.74 Å². The maximum absolute atomic E-state index is 10.5. The van der Waals surface area contributed by atoms with Crippen molar-refractivity contribution in [3.63, 3.8) is 0 Å². The minimum Gasteiger partial charge on any atom is -0.393 e. The fourth-order valence-corrected chi connectivity index (χ4v) is 3.21. The predicted octanol–water partition coefficient (Wildman–Crippen LogP) is -0.584. The summed E-state index contributed by atoms with van der Waals surface area (Å²) >= 11 is 0. The predicted molar refractivity (Wildman–Crippen MR) is 99.1 cm³/mol. The van der Waals surface area contributed by atoms with Crippen LogP contribution >= 0.6 is 0 Å². The van der Waals surface area contributed by atoms with Gasteiger partial charge in [0.1, 0.15) is 24.3 Å². The molecule has 0 aromatic rings. The molecule has 25 heavy (non-hydrogen) atoms. The van der Waals surface area contributed by atoms with E-state index in [1.807, 2.05) is 42.3 Å². The number of hydrogen-bond acceptors (Lipinski definition) is 5. The van der Waals surface area contributed by atoms with Crippen LogP contribution in [-0.4, -0.2) is 121 Å². The smallest absolute Gasteiger partial charge is 0.129 e. The second kappa shape index (κ2) is 10.2. The molecule has 0 rings (SSSR count). The Hall–Kier alpha value is -0.280. The van der Waals surface area contributed by atoms with Crippen LogP contribution in [-0.2, 0) is 4.74 Å². The largest absolute Gasteiger partial charge is 0.393 e. The van der Waals surface area contributed by atoms with Crippen molar-refractivity contribution in [2.75, 3.05) is 55.5 Å². The maximum atomic E-state index is 10.5. The summed E-state index contributed by atoms with van der Waals surface area (Å²) in [6.07, 6.45) is -1.53. The Morgan fingerprint density at radius 2 is 0.920 bits per heavy atom. The summed E-state index contributed by atoms with van der Waals surface area (Å²) in [5.41, 5.74) is 0. The Morgan fingerprint density at radius 3 is 1.12 bits per heavy atom. The molecule has 0 radical (unpaired) electrons. The molecule has 0 heterocycles. The van der Waals surface area contributed by atoms with Crippen LogP contribution < -0.4 is 0 Å². The molecule has 0 aliphatic rings. The molecule has 0 amide bonds. The Morgan fingerprint density at radius 1 is 0.640 bits per heavy atom. The lowest BCUT2D eigenvalue weighted by molar-refractivity contribution is -0.901. The molecule has 0 saturated heterocycles. The lowest BCUT2D eigenvalue weighted by Crippen LogP contribution is -2.55. The highest BCUT2D eigenvalue weighted by Gasteiger charge is 2.35. The lowest BCUT2D eigenvalue weighted by atomic mass is 10.0. The van der Waals surface area contributed by atoms with Crippen molar-refractivity contribution in [3.8, 4) is 0 Å². The normalized spacial score (nSPS) is 20.6. The van der Waals surface area contributed by atoms with Crippen LogP contribution in [0, 0.1) is 0 Å². The third-order valence-electron chi connectivity index (χ3n) is 4.62. The molecular formula is C18H42N2O5+2. The van der Waals surface area contributed by atoms with Crippen LogP contribution in [0.1, 0.15) is 26.7 Å². The molecule has 6 unspecified atom stereocenters. The average molecular weight is 367 g/mol. The number of rotatable bonds is 12. The van der Waals surface area contributed by atoms with Crippen molar-refractivity contribution < 1.29 is 34.1 Å². The van der Waals surface area contributed by atoms with E-state index in [9.17, 15) is 20.4 Å². The summed E-state index contributed by atoms with van der Waals surface area (Å²) in [4.78, 5) is 0. The number of hydrogen-bond donors (Lipinski definition) is 4. The van der Waals surface area contributed by atoms with Crippen molar-refractivity contribution in [2.24, 2.45) is 0 Å². The van der Waals surface area contributed by atoms with E-state index >= 15 is 0 Å². The Balaban J connectivity index is 4.69. The molecule has 0 bridgehead atoms. The highest BCUT2D eigenvalue weighted by molar-refractivity contribution is 4.74. The first-order valence-electron chi connectivity index (χ1n) is 9.08. The van der Waals surface area contributed by atoms with Gasteiger partial charge in [-0.1, -0.05) is 0 Å². The van der Waals surface area contributed by atoms with Crippen molar-refractivity contribution in [2.45, 2.75) is 63.2 Å². The van der Waals surface area contributed by atoms with Gasteiger partial charge in [-0.3, -0.25) is 0 Å². The molecular weight excluding hydrogens is 324 g/mol. The minimum absolute atomic E-state index is 0.0997. The van der Waals surface area contributed by atoms with E-state index in [0.717, 1.165) is 0 Å². The third kappa shape index (κ3) is 9.84. The number of aliphatic hydroxyl groups is 4. The van der Waals surface area contributed by atoms with Crippen molar-refractivity contribution >= 4 is 0 Å². The van der Waals surface area contributed by atoms with E-state index in [-0.39, 0.29) is 25.3 Å². The molecule has 0 aromatic heterocycles. The lowest BCUT2D eigenvalue weighted by Gasteiger charge is -2.39.